The van der Waals surface area contributed by atoms with Gasteiger partial charge in [0.25, 0.3) is 6.20 Å². The molecule has 0 aliphatic rings. The predicted molar refractivity (Wildman–Crippen MR) is 93.1 cm³/mol. The van der Waals surface area contributed by atoms with Crippen LogP contribution in [0.3, 0.4) is 0 Å². The van der Waals surface area contributed by atoms with Gasteiger partial charge in [0.15, 0.2) is 5.82 Å². The van der Waals surface area contributed by atoms with Gasteiger partial charge in [0.05, 0.1) is 31.2 Å². The van der Waals surface area contributed by atoms with Gasteiger partial charge in [-0.1, -0.05) is 0 Å². The summed E-state index contributed by atoms with van der Waals surface area (Å²) < 4.78 is 12.4. The second kappa shape index (κ2) is 9.16. The maximum atomic E-state index is 10.9. The van der Waals surface area contributed by atoms with Gasteiger partial charge >= 0.3 is 0 Å². The lowest BCUT2D eigenvalue weighted by Crippen LogP contribution is -2.23. The van der Waals surface area contributed by atoms with E-state index in [4.69, 9.17) is 9.47 Å². The molecular weight excluding hydrogens is 326 g/mol. The molecule has 0 saturated carbocycles. The summed E-state index contributed by atoms with van der Waals surface area (Å²) in [5.41, 5.74) is 0.596. The van der Waals surface area contributed by atoms with Gasteiger partial charge in [-0.3, -0.25) is 10.1 Å². The van der Waals surface area contributed by atoms with Gasteiger partial charge in [-0.05, 0) is 18.6 Å². The number of imidazole rings is 1. The van der Waals surface area contributed by atoms with Crippen molar-refractivity contribution in [2.24, 2.45) is 0 Å². The highest BCUT2D eigenvalue weighted by Gasteiger charge is 2.09. The van der Waals surface area contributed by atoms with Crippen LogP contribution in [-0.2, 0) is 6.54 Å². The third-order valence-electron chi connectivity index (χ3n) is 3.38. The van der Waals surface area contributed by atoms with Crippen LogP contribution in [0.2, 0.25) is 0 Å². The number of hydrogen-bond acceptors (Lipinski definition) is 7. The smallest absolute Gasteiger partial charge is 0.274 e. The number of hydrogen-bond donors (Lipinski definition) is 2. The molecule has 9 nitrogen and oxygen atoms in total. The number of nitrogens with zero attached hydrogens (tertiary/aromatic N) is 3. The molecule has 134 valence electrons. The van der Waals surface area contributed by atoms with E-state index in [2.05, 4.69) is 15.6 Å². The fraction of sp³-hybridized carbons (Fsp3) is 0.312. The van der Waals surface area contributed by atoms with Crippen molar-refractivity contribution >= 4 is 5.69 Å². The van der Waals surface area contributed by atoms with E-state index in [9.17, 15) is 10.1 Å². The molecule has 2 aromatic rings. The largest absolute Gasteiger partial charge is 0.497 e. The average Bonchev–Trinajstić information content (AvgIpc) is 3.11. The number of benzene rings is 1. The van der Waals surface area contributed by atoms with Crippen LogP contribution >= 0.6 is 0 Å². The van der Waals surface area contributed by atoms with Crippen LogP contribution in [0.25, 0.3) is 0 Å². The standard InChI is InChI=1S/C16H21N5O4/c1-24-13-4-5-14(15(10-13)25-2)19-16(11-21(22)23)18-6-3-8-20-9-7-17-12-20/h4-5,7,9-12,18-19H,3,6,8H2,1-2H3/b16-11+. The molecule has 0 aliphatic carbocycles. The first-order chi connectivity index (χ1) is 12.1. The molecule has 0 aliphatic heterocycles. The molecule has 0 bridgehead atoms. The van der Waals surface area contributed by atoms with Crippen LogP contribution in [0.1, 0.15) is 6.42 Å². The minimum absolute atomic E-state index is 0.277. The third kappa shape index (κ3) is 5.72. The number of ether oxygens (including phenoxy) is 2. The van der Waals surface area contributed by atoms with Crippen molar-refractivity contribution in [2.45, 2.75) is 13.0 Å². The molecule has 25 heavy (non-hydrogen) atoms. The zero-order valence-corrected chi connectivity index (χ0v) is 14.1. The summed E-state index contributed by atoms with van der Waals surface area (Å²) in [6, 6.07) is 5.18. The highest BCUT2D eigenvalue weighted by molar-refractivity contribution is 5.61. The van der Waals surface area contributed by atoms with Crippen LogP contribution in [0.15, 0.2) is 48.9 Å². The molecule has 0 fully saturated rings. The second-order valence-electron chi connectivity index (χ2n) is 5.10. The molecule has 1 aromatic heterocycles. The highest BCUT2D eigenvalue weighted by atomic mass is 16.6. The summed E-state index contributed by atoms with van der Waals surface area (Å²) in [7, 11) is 3.08. The van der Waals surface area contributed by atoms with E-state index in [-0.39, 0.29) is 5.82 Å². The third-order valence-corrected chi connectivity index (χ3v) is 3.38. The maximum absolute atomic E-state index is 10.9. The van der Waals surface area contributed by atoms with Gasteiger partial charge in [-0.15, -0.1) is 0 Å². The Bertz CT molecular complexity index is 715. The van der Waals surface area contributed by atoms with Crippen molar-refractivity contribution in [3.63, 3.8) is 0 Å². The van der Waals surface area contributed by atoms with E-state index in [1.54, 1.807) is 37.8 Å². The van der Waals surface area contributed by atoms with Crippen LogP contribution < -0.4 is 20.1 Å². The summed E-state index contributed by atoms with van der Waals surface area (Å²) in [6.07, 6.45) is 6.99. The van der Waals surface area contributed by atoms with Crippen LogP contribution in [0.4, 0.5) is 5.69 Å². The summed E-state index contributed by atoms with van der Waals surface area (Å²) in [4.78, 5) is 14.3. The van der Waals surface area contributed by atoms with Crippen molar-refractivity contribution < 1.29 is 14.4 Å². The topological polar surface area (TPSA) is 103 Å². The highest BCUT2D eigenvalue weighted by Crippen LogP contribution is 2.29. The zero-order chi connectivity index (χ0) is 18.1. The normalized spacial score (nSPS) is 11.0. The number of rotatable bonds is 10. The molecule has 0 unspecified atom stereocenters. The molecule has 1 aromatic carbocycles. The number of anilines is 1. The van der Waals surface area contributed by atoms with Gasteiger partial charge in [-0.25, -0.2) is 4.98 Å². The van der Waals surface area contributed by atoms with Crippen LogP contribution in [-0.4, -0.2) is 35.2 Å². The van der Waals surface area contributed by atoms with Crippen LogP contribution in [0, 0.1) is 10.1 Å². The molecule has 0 atom stereocenters. The summed E-state index contributed by atoms with van der Waals surface area (Å²) in [5, 5.41) is 16.9. The van der Waals surface area contributed by atoms with E-state index in [0.717, 1.165) is 19.2 Å². The molecule has 9 heteroatoms. The number of nitro groups is 1. The van der Waals surface area contributed by atoms with Gasteiger partial charge in [0.1, 0.15) is 11.5 Å². The van der Waals surface area contributed by atoms with Gasteiger partial charge in [0.2, 0.25) is 0 Å². The number of aromatic nitrogens is 2. The van der Waals surface area contributed by atoms with E-state index in [1.807, 2.05) is 10.8 Å². The van der Waals surface area contributed by atoms with Crippen molar-refractivity contribution in [2.75, 3.05) is 26.1 Å². The lowest BCUT2D eigenvalue weighted by atomic mass is 10.2. The second-order valence-corrected chi connectivity index (χ2v) is 5.10. The minimum Gasteiger partial charge on any atom is -0.497 e. The molecule has 1 heterocycles. The Morgan fingerprint density at radius 2 is 2.24 bits per heavy atom. The zero-order valence-electron chi connectivity index (χ0n) is 14.1. The fourth-order valence-corrected chi connectivity index (χ4v) is 2.18. The molecular formula is C16H21N5O4. The predicted octanol–water partition coefficient (Wildman–Crippen LogP) is 2.07. The molecule has 0 amide bonds. The molecule has 2 rings (SSSR count). The first-order valence-electron chi connectivity index (χ1n) is 7.66. The molecule has 0 radical (unpaired) electrons. The quantitative estimate of drug-likeness (QED) is 0.385. The lowest BCUT2D eigenvalue weighted by Gasteiger charge is -2.15. The number of aryl methyl sites for hydroxylation is 1. The summed E-state index contributed by atoms with van der Waals surface area (Å²) in [5.74, 6) is 1.43. The van der Waals surface area contributed by atoms with Crippen LogP contribution in [0.5, 0.6) is 11.5 Å². The van der Waals surface area contributed by atoms with E-state index in [0.29, 0.717) is 23.7 Å². The monoisotopic (exact) mass is 347 g/mol. The molecule has 0 saturated heterocycles. The average molecular weight is 347 g/mol. The van der Waals surface area contributed by atoms with E-state index >= 15 is 0 Å². The SMILES string of the molecule is COc1ccc(N/C(=C/[N+](=O)[O-])NCCCn2ccnc2)c(OC)c1. The first kappa shape index (κ1) is 18.1. The van der Waals surface area contributed by atoms with Crippen molar-refractivity contribution in [1.29, 1.82) is 0 Å². The fourth-order valence-electron chi connectivity index (χ4n) is 2.18. The first-order valence-corrected chi connectivity index (χ1v) is 7.66. The minimum atomic E-state index is -0.513. The Labute approximate surface area is 145 Å². The number of nitrogens with one attached hydrogen (secondary N) is 2. The van der Waals surface area contributed by atoms with Crippen molar-refractivity contribution in [3.05, 3.63) is 59.1 Å². The Hall–Kier alpha value is -3.23. The lowest BCUT2D eigenvalue weighted by molar-refractivity contribution is -0.403. The van der Waals surface area contributed by atoms with E-state index < -0.39 is 4.92 Å². The Balaban J connectivity index is 1.99. The van der Waals surface area contributed by atoms with Gasteiger partial charge < -0.3 is 24.7 Å². The summed E-state index contributed by atoms with van der Waals surface area (Å²) >= 11 is 0. The molecule has 0 spiro atoms. The van der Waals surface area contributed by atoms with Gasteiger partial charge in [-0.2, -0.15) is 0 Å². The Morgan fingerprint density at radius 3 is 2.88 bits per heavy atom. The van der Waals surface area contributed by atoms with Crippen molar-refractivity contribution in [1.82, 2.24) is 14.9 Å². The Morgan fingerprint density at radius 1 is 1.40 bits per heavy atom. The molecule has 2 N–H and O–H groups in total. The van der Waals surface area contributed by atoms with Crippen molar-refractivity contribution in [3.8, 4) is 11.5 Å². The van der Waals surface area contributed by atoms with Gasteiger partial charge in [0, 0.05) is 31.5 Å². The summed E-state index contributed by atoms with van der Waals surface area (Å²) in [6.45, 7) is 1.33. The number of methoxy groups -OCH3 is 2. The van der Waals surface area contributed by atoms with E-state index in [1.165, 1.54) is 7.11 Å². The maximum Gasteiger partial charge on any atom is 0.274 e. The Kier molecular flexibility index (Phi) is 6.64.